The number of fused-ring (bicyclic) bond motifs is 1. The molecule has 4 fully saturated rings. The van der Waals surface area contributed by atoms with Crippen molar-refractivity contribution in [2.45, 2.75) is 75.0 Å². The van der Waals surface area contributed by atoms with Gasteiger partial charge in [0.2, 0.25) is 0 Å². The van der Waals surface area contributed by atoms with Crippen molar-refractivity contribution in [3.05, 3.63) is 47.7 Å². The summed E-state index contributed by atoms with van der Waals surface area (Å²) < 4.78 is 5.59. The van der Waals surface area contributed by atoms with Crippen molar-refractivity contribution in [2.75, 3.05) is 32.0 Å². The number of carbonyl (C=O) groups is 1. The number of amides is 1. The highest BCUT2D eigenvalue weighted by Gasteiger charge is 2.54. The molecule has 7 heteroatoms. The number of aliphatic hydroxyl groups excluding tert-OH is 1. The summed E-state index contributed by atoms with van der Waals surface area (Å²) in [4.78, 5) is 20.0. The minimum atomic E-state index is -0.250. The molecule has 2 atom stereocenters. The number of nitrogens with one attached hydrogen (secondary N) is 1. The Bertz CT molecular complexity index is 1090. The fourth-order valence-corrected chi connectivity index (χ4v) is 6.97. The van der Waals surface area contributed by atoms with E-state index in [0.29, 0.717) is 11.6 Å². The summed E-state index contributed by atoms with van der Waals surface area (Å²) in [5, 5.41) is 12.8. The number of nitrogens with two attached hydrogens (primary N) is 1. The summed E-state index contributed by atoms with van der Waals surface area (Å²) in [5.41, 5.74) is 10.2. The van der Waals surface area contributed by atoms with Crippen molar-refractivity contribution >= 4 is 11.7 Å². The van der Waals surface area contributed by atoms with Gasteiger partial charge in [0.25, 0.3) is 5.91 Å². The van der Waals surface area contributed by atoms with Gasteiger partial charge in [-0.15, -0.1) is 0 Å². The van der Waals surface area contributed by atoms with Crippen LogP contribution in [0.5, 0.6) is 0 Å². The minimum absolute atomic E-state index is 0.0741. The Kier molecular flexibility index (Phi) is 6.48. The van der Waals surface area contributed by atoms with Gasteiger partial charge in [0.15, 0.2) is 0 Å². The van der Waals surface area contributed by atoms with Crippen LogP contribution in [0.1, 0.15) is 67.3 Å². The number of benzene rings is 1. The van der Waals surface area contributed by atoms with Crippen LogP contribution < -0.4 is 11.1 Å². The van der Waals surface area contributed by atoms with Gasteiger partial charge in [-0.05, 0) is 74.5 Å². The van der Waals surface area contributed by atoms with Crippen molar-refractivity contribution < 1.29 is 14.6 Å². The molecule has 1 aromatic carbocycles. The van der Waals surface area contributed by atoms with Crippen LogP contribution in [0.15, 0.2) is 36.5 Å². The quantitative estimate of drug-likeness (QED) is 0.593. The zero-order chi connectivity index (χ0) is 24.7. The first-order valence-corrected chi connectivity index (χ1v) is 13.7. The summed E-state index contributed by atoms with van der Waals surface area (Å²) >= 11 is 0. The molecule has 192 valence electrons. The van der Waals surface area contributed by atoms with Gasteiger partial charge in [-0.2, -0.15) is 0 Å². The molecule has 0 radical (unpaired) electrons. The molecule has 1 amide bonds. The largest absolute Gasteiger partial charge is 0.393 e. The van der Waals surface area contributed by atoms with Crippen LogP contribution in [0.3, 0.4) is 0 Å². The average Bonchev–Trinajstić information content (AvgIpc) is 3.17. The van der Waals surface area contributed by atoms with Gasteiger partial charge in [0, 0.05) is 55.6 Å². The molecule has 0 unspecified atom stereocenters. The van der Waals surface area contributed by atoms with E-state index < -0.39 is 0 Å². The molecule has 1 aromatic heterocycles. The number of ether oxygens (including phenoxy) is 1. The first kappa shape index (κ1) is 23.9. The maximum absolute atomic E-state index is 13.0. The molecule has 2 aromatic rings. The van der Waals surface area contributed by atoms with E-state index >= 15 is 0 Å². The average molecular weight is 491 g/mol. The number of aromatic nitrogens is 1. The molecule has 4 aliphatic rings. The number of rotatable bonds is 5. The number of nitrogens with zero attached hydrogens (tertiary/aromatic N) is 2. The van der Waals surface area contributed by atoms with Gasteiger partial charge in [-0.3, -0.25) is 9.69 Å². The second kappa shape index (κ2) is 9.77. The van der Waals surface area contributed by atoms with E-state index in [9.17, 15) is 9.90 Å². The molecule has 3 heterocycles. The van der Waals surface area contributed by atoms with Crippen molar-refractivity contribution in [1.29, 1.82) is 0 Å². The summed E-state index contributed by atoms with van der Waals surface area (Å²) in [6.07, 6.45) is 9.43. The summed E-state index contributed by atoms with van der Waals surface area (Å²) in [6, 6.07) is 11.5. The fraction of sp³-hybridized carbons (Fsp3) is 0.586. The van der Waals surface area contributed by atoms with Crippen molar-refractivity contribution in [3.63, 3.8) is 0 Å². The van der Waals surface area contributed by atoms with Gasteiger partial charge in [-0.1, -0.05) is 24.3 Å². The lowest BCUT2D eigenvalue weighted by molar-refractivity contribution is 0.0406. The zero-order valence-electron chi connectivity index (χ0n) is 21.0. The van der Waals surface area contributed by atoms with Crippen molar-refractivity contribution in [1.82, 2.24) is 15.2 Å². The molecule has 4 N–H and O–H groups in total. The van der Waals surface area contributed by atoms with E-state index in [1.807, 2.05) is 6.07 Å². The third-order valence-corrected chi connectivity index (χ3v) is 9.36. The molecular weight excluding hydrogens is 452 g/mol. The molecule has 7 nitrogen and oxygen atoms in total. The lowest BCUT2D eigenvalue weighted by Gasteiger charge is -2.45. The molecule has 36 heavy (non-hydrogen) atoms. The maximum Gasteiger partial charge on any atom is 0.255 e. The predicted molar refractivity (Wildman–Crippen MR) is 140 cm³/mol. The molecule has 2 aliphatic carbocycles. The Hall–Kier alpha value is -2.48. The lowest BCUT2D eigenvalue weighted by atomic mass is 9.58. The maximum atomic E-state index is 13.0. The first-order chi connectivity index (χ1) is 17.5. The SMILES string of the molecule is Nc1ncc(-c2ccc([C@@]34CC[C@@H]3CN(C3CCOCC3)C4)cc2)cc1C(=O)NC1CCC(O)CC1. The van der Waals surface area contributed by atoms with Crippen LogP contribution in [-0.4, -0.2) is 65.4 Å². The molecule has 2 saturated heterocycles. The Morgan fingerprint density at radius 1 is 1.06 bits per heavy atom. The zero-order valence-corrected chi connectivity index (χ0v) is 21.0. The van der Waals surface area contributed by atoms with E-state index in [0.717, 1.165) is 75.3 Å². The topological polar surface area (TPSA) is 101 Å². The highest BCUT2D eigenvalue weighted by Crippen LogP contribution is 2.54. The number of hydrogen-bond acceptors (Lipinski definition) is 6. The molecule has 2 aliphatic heterocycles. The number of likely N-dealkylation sites (tertiary alicyclic amines) is 1. The van der Waals surface area contributed by atoms with Gasteiger partial charge in [0.05, 0.1) is 11.7 Å². The van der Waals surface area contributed by atoms with E-state index in [2.05, 4.69) is 39.5 Å². The van der Waals surface area contributed by atoms with Crippen LogP contribution in [0.25, 0.3) is 11.1 Å². The van der Waals surface area contributed by atoms with Gasteiger partial charge in [-0.25, -0.2) is 4.98 Å². The highest BCUT2D eigenvalue weighted by molar-refractivity contribution is 5.99. The van der Waals surface area contributed by atoms with E-state index in [1.165, 1.54) is 24.9 Å². The normalized spacial score (nSPS) is 31.0. The minimum Gasteiger partial charge on any atom is -0.393 e. The van der Waals surface area contributed by atoms with E-state index in [4.69, 9.17) is 10.5 Å². The second-order valence-electron chi connectivity index (χ2n) is 11.4. The lowest BCUT2D eigenvalue weighted by Crippen LogP contribution is -2.44. The molecular formula is C29H38N4O3. The number of carbonyl (C=O) groups excluding carboxylic acids is 1. The fourth-order valence-electron chi connectivity index (χ4n) is 6.97. The Balaban J connectivity index is 1.17. The van der Waals surface area contributed by atoms with Gasteiger partial charge < -0.3 is 20.9 Å². The number of hydrogen-bond donors (Lipinski definition) is 3. The smallest absolute Gasteiger partial charge is 0.255 e. The Morgan fingerprint density at radius 2 is 1.81 bits per heavy atom. The Labute approximate surface area is 213 Å². The predicted octanol–water partition coefficient (Wildman–Crippen LogP) is 3.51. The van der Waals surface area contributed by atoms with Crippen LogP contribution in [0, 0.1) is 5.92 Å². The monoisotopic (exact) mass is 490 g/mol. The molecule has 0 bridgehead atoms. The number of nitrogen functional groups attached to an aromatic ring is 1. The number of pyridine rings is 1. The van der Waals surface area contributed by atoms with Crippen LogP contribution in [-0.2, 0) is 10.2 Å². The first-order valence-electron chi connectivity index (χ1n) is 13.7. The van der Waals surface area contributed by atoms with Crippen LogP contribution in [0.2, 0.25) is 0 Å². The van der Waals surface area contributed by atoms with Gasteiger partial charge >= 0.3 is 0 Å². The second-order valence-corrected chi connectivity index (χ2v) is 11.4. The third kappa shape index (κ3) is 4.42. The molecule has 2 saturated carbocycles. The van der Waals surface area contributed by atoms with E-state index in [1.54, 1.807) is 6.20 Å². The molecule has 0 spiro atoms. The van der Waals surface area contributed by atoms with Crippen LogP contribution >= 0.6 is 0 Å². The summed E-state index contributed by atoms with van der Waals surface area (Å²) in [6.45, 7) is 4.17. The summed E-state index contributed by atoms with van der Waals surface area (Å²) in [5.74, 6) is 0.815. The van der Waals surface area contributed by atoms with Crippen molar-refractivity contribution in [3.8, 4) is 11.1 Å². The van der Waals surface area contributed by atoms with Gasteiger partial charge in [0.1, 0.15) is 5.82 Å². The number of aliphatic hydroxyl groups is 1. The summed E-state index contributed by atoms with van der Waals surface area (Å²) in [7, 11) is 0. The van der Waals surface area contributed by atoms with Crippen molar-refractivity contribution in [2.24, 2.45) is 5.92 Å². The highest BCUT2D eigenvalue weighted by atomic mass is 16.5. The third-order valence-electron chi connectivity index (χ3n) is 9.36. The van der Waals surface area contributed by atoms with E-state index in [-0.39, 0.29) is 29.3 Å². The standard InChI is InChI=1S/C29H38N4O3/c30-27-26(28(35)32-23-5-7-25(34)8-6-23)15-20(16-31-27)19-1-3-21(4-2-19)29-12-9-22(29)17-33(18-29)24-10-13-36-14-11-24/h1-4,15-16,22-25,34H,5-14,17-18H2,(H2,30,31)(H,32,35)/t22-,23?,25?,29+/m1/s1. The van der Waals surface area contributed by atoms with Crippen LogP contribution in [0.4, 0.5) is 5.82 Å². The molecule has 6 rings (SSSR count). The number of anilines is 1. The Morgan fingerprint density at radius 3 is 2.50 bits per heavy atom.